The van der Waals surface area contributed by atoms with Crippen LogP contribution < -0.4 is 0 Å². The monoisotopic (exact) mass is 1500 g/mol. The van der Waals surface area contributed by atoms with Gasteiger partial charge in [-0.15, -0.1) is 35.4 Å². The highest BCUT2D eigenvalue weighted by atomic mass is 16.3. The summed E-state index contributed by atoms with van der Waals surface area (Å²) >= 11 is 0. The molecular weight excluding hydrogens is 1440 g/mol. The second-order valence-electron chi connectivity index (χ2n) is 29.8. The van der Waals surface area contributed by atoms with Gasteiger partial charge in [0.1, 0.15) is 77.8 Å². The van der Waals surface area contributed by atoms with Gasteiger partial charge in [0, 0.05) is 76.2 Å². The largest absolute Gasteiger partial charge is 0.456 e. The highest BCUT2D eigenvalue weighted by Crippen LogP contribution is 2.49. The van der Waals surface area contributed by atoms with E-state index in [0.717, 1.165) is 183 Å². The third kappa shape index (κ3) is 9.93. The number of fused-ring (bicyclic) bond motifs is 18. The van der Waals surface area contributed by atoms with E-state index in [1.54, 1.807) is 14.4 Å². The van der Waals surface area contributed by atoms with Crippen molar-refractivity contribution in [2.45, 2.75) is 0 Å². The predicted octanol–water partition coefficient (Wildman–Crippen LogP) is 26.1. The average Bonchev–Trinajstić information content (AvgIpc) is 1.53. The maximum atomic E-state index is 6.48. The Labute approximate surface area is 662 Å². The van der Waals surface area contributed by atoms with Crippen LogP contribution in [0, 0.1) is 0 Å². The molecule has 27 rings (SSSR count). The Morgan fingerprint density at radius 2 is 0.615 bits per heavy atom. The first kappa shape index (κ1) is 64.4. The van der Waals surface area contributed by atoms with Gasteiger partial charge in [-0.3, -0.25) is 0 Å². The number of furan rings is 4. The van der Waals surface area contributed by atoms with Crippen molar-refractivity contribution < 1.29 is 17.7 Å². The lowest BCUT2D eigenvalue weighted by molar-refractivity contribution is 0.668. The van der Waals surface area contributed by atoms with E-state index in [1.165, 1.54) is 53.9 Å². The standard InChI is InChI=1S/C36H20N4O.C36H22N4O.C30H17N3O2/c1-2-8-21(9-3-1)40-37-27-17-16-22(20-28(27)38-40)39-29-14-6-12-25-23-10-4-5-11-24(23)26-13-7-15-31-34(26)36-32(41-31)19-18-30(39)35(36)33(25)29;1-2-9-24(10-3-1)40-37-31-20-18-25(22-32(31)38-40)39-33-15-6-4-11-27(33)28-19-17-23(21-34(28)39)26-13-8-14-30-29-12-5-7-16-35(29)41-36(26)30;1-3-11-25-20(7-1)29-19(9-5-13-27(29)34-25)18-15-16-22-23(17-18)32-33(31-22)24-10-6-14-28-30(24)21-8-2-4-12-26(21)35-28/h1-20H;1-22H;1-17H. The van der Waals surface area contributed by atoms with Crippen LogP contribution in [0.25, 0.3) is 237 Å². The molecule has 0 aliphatic rings. The van der Waals surface area contributed by atoms with Crippen LogP contribution in [0.1, 0.15) is 0 Å². The summed E-state index contributed by atoms with van der Waals surface area (Å²) in [4.78, 5) is 5.12. The van der Waals surface area contributed by atoms with E-state index in [9.17, 15) is 0 Å². The van der Waals surface area contributed by atoms with Crippen LogP contribution in [0.4, 0.5) is 0 Å². The zero-order valence-corrected chi connectivity index (χ0v) is 62.1. The molecule has 9 aromatic heterocycles. The van der Waals surface area contributed by atoms with Gasteiger partial charge in [-0.1, -0.05) is 212 Å². The molecule has 15 heteroatoms. The van der Waals surface area contributed by atoms with E-state index >= 15 is 0 Å². The van der Waals surface area contributed by atoms with Crippen LogP contribution in [0.3, 0.4) is 0 Å². The fraction of sp³-hybridized carbons (Fsp3) is 0. The second-order valence-corrected chi connectivity index (χ2v) is 29.8. The molecule has 9 heterocycles. The van der Waals surface area contributed by atoms with Crippen LogP contribution in [-0.4, -0.2) is 54.1 Å². The molecule has 0 radical (unpaired) electrons. The summed E-state index contributed by atoms with van der Waals surface area (Å²) in [6.07, 6.45) is 0. The van der Waals surface area contributed by atoms with Gasteiger partial charge in [0.25, 0.3) is 0 Å². The minimum Gasteiger partial charge on any atom is -0.456 e. The number of nitrogens with zero attached hydrogens (tertiary/aromatic N) is 11. The highest BCUT2D eigenvalue weighted by molar-refractivity contribution is 6.38. The fourth-order valence-corrected chi connectivity index (χ4v) is 18.1. The molecule has 15 nitrogen and oxygen atoms in total. The van der Waals surface area contributed by atoms with Gasteiger partial charge < -0.3 is 26.8 Å². The van der Waals surface area contributed by atoms with Crippen LogP contribution in [-0.2, 0) is 0 Å². The Kier molecular flexibility index (Phi) is 13.8. The van der Waals surface area contributed by atoms with E-state index in [0.29, 0.717) is 0 Å². The second kappa shape index (κ2) is 25.1. The van der Waals surface area contributed by atoms with E-state index in [2.05, 4.69) is 221 Å². The molecule has 0 N–H and O–H groups in total. The zero-order valence-electron chi connectivity index (χ0n) is 62.1. The zero-order chi connectivity index (χ0) is 76.5. The third-order valence-corrected chi connectivity index (χ3v) is 23.2. The van der Waals surface area contributed by atoms with Crippen molar-refractivity contribution in [2.75, 3.05) is 0 Å². The number of para-hydroxylation sites is 7. The van der Waals surface area contributed by atoms with Gasteiger partial charge in [0.15, 0.2) is 0 Å². The van der Waals surface area contributed by atoms with E-state index in [1.807, 2.05) is 146 Å². The first-order valence-electron chi connectivity index (χ1n) is 39.0. The van der Waals surface area contributed by atoms with Crippen molar-refractivity contribution in [3.8, 4) is 50.7 Å². The molecule has 18 aromatic carbocycles. The third-order valence-electron chi connectivity index (χ3n) is 23.2. The summed E-state index contributed by atoms with van der Waals surface area (Å²) in [7, 11) is 0. The maximum absolute atomic E-state index is 6.48. The summed E-state index contributed by atoms with van der Waals surface area (Å²) in [6.45, 7) is 0. The quantitative estimate of drug-likeness (QED) is 0.151. The van der Waals surface area contributed by atoms with Gasteiger partial charge in [-0.2, -0.15) is 9.59 Å². The molecule has 0 fully saturated rings. The van der Waals surface area contributed by atoms with Crippen molar-refractivity contribution in [3.05, 3.63) is 358 Å². The van der Waals surface area contributed by atoms with Gasteiger partial charge in [-0.25, -0.2) is 0 Å². The maximum Gasteiger partial charge on any atom is 0.143 e. The van der Waals surface area contributed by atoms with Crippen LogP contribution in [0.5, 0.6) is 0 Å². The summed E-state index contributed by atoms with van der Waals surface area (Å²) in [5.74, 6) is 0. The highest BCUT2D eigenvalue weighted by Gasteiger charge is 2.26. The number of aromatic nitrogens is 11. The van der Waals surface area contributed by atoms with E-state index in [-0.39, 0.29) is 0 Å². The smallest absolute Gasteiger partial charge is 0.143 e. The lowest BCUT2D eigenvalue weighted by atomic mass is 9.95. The van der Waals surface area contributed by atoms with Crippen molar-refractivity contribution >= 4 is 186 Å². The Morgan fingerprint density at radius 3 is 1.32 bits per heavy atom. The summed E-state index contributed by atoms with van der Waals surface area (Å²) < 4.78 is 29.7. The molecule has 0 aliphatic heterocycles. The predicted molar refractivity (Wildman–Crippen MR) is 471 cm³/mol. The molecule has 0 unspecified atom stereocenters. The van der Waals surface area contributed by atoms with Gasteiger partial charge >= 0.3 is 0 Å². The topological polar surface area (TPSA) is 155 Å². The molecular formula is C102H59N11O4. The molecule has 0 saturated carbocycles. The fourth-order valence-electron chi connectivity index (χ4n) is 18.1. The Morgan fingerprint density at radius 1 is 0.188 bits per heavy atom. The first-order chi connectivity index (χ1) is 58.0. The molecule has 0 amide bonds. The number of hydrogen-bond donors (Lipinski definition) is 0. The van der Waals surface area contributed by atoms with Crippen molar-refractivity contribution in [1.29, 1.82) is 0 Å². The van der Waals surface area contributed by atoms with Crippen LogP contribution >= 0.6 is 0 Å². The molecule has 0 atom stereocenters. The number of benzene rings is 17. The lowest BCUT2D eigenvalue weighted by Crippen LogP contribution is -1.98. The molecule has 0 bridgehead atoms. The average molecular weight is 1500 g/mol. The number of hydrogen-bond acceptors (Lipinski definition) is 10. The molecule has 27 aromatic rings. The minimum absolute atomic E-state index is 0.823. The number of rotatable bonds is 7. The molecule has 0 aliphatic carbocycles. The SMILES string of the molecule is c1ccc(-n2nc3ccc(-n4c5cccc6c7ccccc7c7cccc8oc9ccc4c(c9c87)c65)cc3n2)cc1.c1ccc(-n2nc3ccc(-n4c5ccccc5c5ccc(-c6cccc7c6oc6ccccc67)cc54)cc3n2)cc1.c1ccc2c(c1)oc1cccc(-c3ccc4nn(-c5cccc6oc7ccccc7c56)nc4c3)c12. The molecule has 546 valence electrons. The van der Waals surface area contributed by atoms with Gasteiger partial charge in [-0.05, 0) is 184 Å². The molecule has 0 spiro atoms. The summed E-state index contributed by atoms with van der Waals surface area (Å²) in [5, 5.41) is 47.5. The van der Waals surface area contributed by atoms with Crippen molar-refractivity contribution in [1.82, 2.24) is 54.1 Å². The van der Waals surface area contributed by atoms with E-state index in [4.69, 9.17) is 48.3 Å². The lowest BCUT2D eigenvalue weighted by Gasteiger charge is -2.09. The Hall–Kier alpha value is -16.3. The Bertz CT molecular complexity index is 8640. The van der Waals surface area contributed by atoms with Gasteiger partial charge in [0.05, 0.1) is 44.5 Å². The van der Waals surface area contributed by atoms with Crippen LogP contribution in [0.2, 0.25) is 0 Å². The van der Waals surface area contributed by atoms with Gasteiger partial charge in [0.2, 0.25) is 0 Å². The minimum atomic E-state index is 0.823. The van der Waals surface area contributed by atoms with E-state index < -0.39 is 0 Å². The first-order valence-corrected chi connectivity index (χ1v) is 39.0. The molecule has 0 saturated heterocycles. The summed E-state index contributed by atoms with van der Waals surface area (Å²) in [6, 6.07) is 123. The molecule has 117 heavy (non-hydrogen) atoms. The summed E-state index contributed by atoms with van der Waals surface area (Å²) in [5.41, 5.74) is 26.0. The van der Waals surface area contributed by atoms with Crippen molar-refractivity contribution in [3.63, 3.8) is 0 Å². The normalized spacial score (nSPS) is 12.1. The van der Waals surface area contributed by atoms with Crippen LogP contribution in [0.15, 0.2) is 376 Å². The van der Waals surface area contributed by atoms with Crippen molar-refractivity contribution in [2.24, 2.45) is 0 Å². The Balaban J connectivity index is 0.0000000984.